The fourth-order valence-corrected chi connectivity index (χ4v) is 3.50. The molecule has 5 heteroatoms. The third kappa shape index (κ3) is 2.73. The Morgan fingerprint density at radius 1 is 1.18 bits per heavy atom. The molecule has 1 aromatic rings. The summed E-state index contributed by atoms with van der Waals surface area (Å²) in [5, 5.41) is 9.95. The molecule has 2 fully saturated rings. The summed E-state index contributed by atoms with van der Waals surface area (Å²) in [6, 6.07) is 7.04. The van der Waals surface area contributed by atoms with E-state index >= 15 is 0 Å². The number of hydrogen-bond donors (Lipinski definition) is 1. The monoisotopic (exact) mass is 316 g/mol. The highest BCUT2D eigenvalue weighted by molar-refractivity contribution is 7.80. The van der Waals surface area contributed by atoms with Gasteiger partial charge in [0, 0.05) is 13.1 Å². The number of likely N-dealkylation sites (N-methyl/N-ethyl adjacent to an activating group) is 1. The molecule has 1 aliphatic carbocycles. The van der Waals surface area contributed by atoms with Crippen LogP contribution in [0.3, 0.4) is 0 Å². The molecule has 0 unspecified atom stereocenters. The Balaban J connectivity index is 1.87. The molecule has 1 heterocycles. The van der Waals surface area contributed by atoms with E-state index in [9.17, 15) is 9.90 Å². The lowest BCUT2D eigenvalue weighted by Crippen LogP contribution is -2.41. The third-order valence-electron chi connectivity index (χ3n) is 4.43. The first kappa shape index (κ1) is 15.0. The molecule has 3 rings (SSSR count). The first-order valence-corrected chi connectivity index (χ1v) is 8.11. The maximum absolute atomic E-state index is 12.8. The minimum Gasteiger partial charge on any atom is -0.508 e. The van der Waals surface area contributed by atoms with Crippen molar-refractivity contribution in [3.63, 3.8) is 0 Å². The Bertz CT molecular complexity index is 618. The van der Waals surface area contributed by atoms with Crippen molar-refractivity contribution < 1.29 is 9.90 Å². The molecule has 1 saturated heterocycles. The molecular formula is C17H20N2O2S. The number of nitrogens with zero attached hydrogens (tertiary/aromatic N) is 2. The van der Waals surface area contributed by atoms with Crippen molar-refractivity contribution in [2.24, 2.45) is 0 Å². The molecule has 2 aliphatic rings. The Hall–Kier alpha value is -1.88. The molecular weight excluding hydrogens is 296 g/mol. The van der Waals surface area contributed by atoms with Crippen LogP contribution < -0.4 is 0 Å². The smallest absolute Gasteiger partial charge is 0.277 e. The average Bonchev–Trinajstić information content (AvgIpc) is 2.74. The van der Waals surface area contributed by atoms with Gasteiger partial charge in [0.25, 0.3) is 5.91 Å². The van der Waals surface area contributed by atoms with Crippen molar-refractivity contribution in [3.05, 3.63) is 35.5 Å². The first-order chi connectivity index (χ1) is 10.6. The maximum atomic E-state index is 12.8. The summed E-state index contributed by atoms with van der Waals surface area (Å²) >= 11 is 5.49. The molecule has 1 amide bonds. The van der Waals surface area contributed by atoms with E-state index < -0.39 is 0 Å². The van der Waals surface area contributed by atoms with Crippen LogP contribution >= 0.6 is 12.2 Å². The lowest BCUT2D eigenvalue weighted by Gasteiger charge is -2.30. The number of carbonyl (C=O) groups excluding carboxylic acids is 1. The van der Waals surface area contributed by atoms with Crippen LogP contribution in [0.4, 0.5) is 0 Å². The van der Waals surface area contributed by atoms with Crippen LogP contribution in [-0.2, 0) is 4.79 Å². The molecule has 0 bridgehead atoms. The molecule has 1 saturated carbocycles. The van der Waals surface area contributed by atoms with Crippen molar-refractivity contribution >= 4 is 29.3 Å². The molecule has 0 aromatic heterocycles. The van der Waals surface area contributed by atoms with Crippen molar-refractivity contribution in [2.75, 3.05) is 7.05 Å². The van der Waals surface area contributed by atoms with Gasteiger partial charge in [-0.1, -0.05) is 31.4 Å². The highest BCUT2D eigenvalue weighted by Gasteiger charge is 2.40. The van der Waals surface area contributed by atoms with E-state index in [4.69, 9.17) is 12.2 Å². The van der Waals surface area contributed by atoms with Crippen LogP contribution in [0, 0.1) is 0 Å². The molecule has 1 aromatic carbocycles. The van der Waals surface area contributed by atoms with Gasteiger partial charge in [-0.15, -0.1) is 0 Å². The van der Waals surface area contributed by atoms with Gasteiger partial charge in [-0.25, -0.2) is 0 Å². The normalized spacial score (nSPS) is 22.0. The van der Waals surface area contributed by atoms with Gasteiger partial charge in [0.2, 0.25) is 0 Å². The summed E-state index contributed by atoms with van der Waals surface area (Å²) in [5.74, 6) is 0.208. The zero-order valence-corrected chi connectivity index (χ0v) is 13.5. The standard InChI is InChI=1S/C17H20N2O2S/c1-18-15(11-12-7-9-14(20)10-8-12)16(21)19(17(18)22)13-5-3-2-4-6-13/h7-11,13,20H,2-6H2,1H3/b15-11-. The molecule has 4 nitrogen and oxygen atoms in total. The van der Waals surface area contributed by atoms with Gasteiger partial charge < -0.3 is 10.0 Å². The van der Waals surface area contributed by atoms with Gasteiger partial charge in [0.15, 0.2) is 5.11 Å². The second kappa shape index (κ2) is 6.08. The molecule has 1 N–H and O–H groups in total. The Morgan fingerprint density at radius 2 is 1.82 bits per heavy atom. The fraction of sp³-hybridized carbons (Fsp3) is 0.412. The number of amides is 1. The number of carbonyl (C=O) groups is 1. The Kier molecular flexibility index (Phi) is 4.16. The molecule has 0 spiro atoms. The lowest BCUT2D eigenvalue weighted by atomic mass is 9.94. The summed E-state index contributed by atoms with van der Waals surface area (Å²) in [6.45, 7) is 0. The number of thiocarbonyl (C=S) groups is 1. The van der Waals surface area contributed by atoms with Gasteiger partial charge in [0.05, 0.1) is 0 Å². The predicted octanol–water partition coefficient (Wildman–Crippen LogP) is 3.12. The minimum atomic E-state index is -0.00697. The summed E-state index contributed by atoms with van der Waals surface area (Å²) in [6.07, 6.45) is 7.47. The van der Waals surface area contributed by atoms with Gasteiger partial charge in [-0.05, 0) is 48.8 Å². The van der Waals surface area contributed by atoms with Crippen LogP contribution in [0.25, 0.3) is 6.08 Å². The second-order valence-electron chi connectivity index (χ2n) is 5.93. The first-order valence-electron chi connectivity index (χ1n) is 7.70. The Labute approximate surface area is 136 Å². The van der Waals surface area contributed by atoms with E-state index in [2.05, 4.69) is 0 Å². The van der Waals surface area contributed by atoms with E-state index in [1.807, 2.05) is 13.1 Å². The fourth-order valence-electron chi connectivity index (χ4n) is 3.17. The summed E-state index contributed by atoms with van der Waals surface area (Å²) in [7, 11) is 1.84. The van der Waals surface area contributed by atoms with Gasteiger partial charge in [-0.2, -0.15) is 0 Å². The largest absolute Gasteiger partial charge is 0.508 e. The van der Waals surface area contributed by atoms with Crippen LogP contribution in [0.15, 0.2) is 30.0 Å². The van der Waals surface area contributed by atoms with E-state index in [0.717, 1.165) is 31.2 Å². The van der Waals surface area contributed by atoms with Crippen molar-refractivity contribution in [1.82, 2.24) is 9.80 Å². The van der Waals surface area contributed by atoms with E-state index in [1.54, 1.807) is 34.1 Å². The van der Waals surface area contributed by atoms with Crippen molar-refractivity contribution in [2.45, 2.75) is 38.1 Å². The summed E-state index contributed by atoms with van der Waals surface area (Å²) < 4.78 is 0. The number of benzene rings is 1. The van der Waals surface area contributed by atoms with Crippen LogP contribution in [0.2, 0.25) is 0 Å². The maximum Gasteiger partial charge on any atom is 0.277 e. The topological polar surface area (TPSA) is 43.8 Å². The number of aromatic hydroxyl groups is 1. The molecule has 116 valence electrons. The predicted molar refractivity (Wildman–Crippen MR) is 90.2 cm³/mol. The van der Waals surface area contributed by atoms with Gasteiger partial charge >= 0.3 is 0 Å². The third-order valence-corrected chi connectivity index (χ3v) is 4.90. The van der Waals surface area contributed by atoms with Crippen molar-refractivity contribution in [1.29, 1.82) is 0 Å². The van der Waals surface area contributed by atoms with E-state index in [-0.39, 0.29) is 17.7 Å². The molecule has 0 atom stereocenters. The number of rotatable bonds is 2. The van der Waals surface area contributed by atoms with Crippen LogP contribution in [0.5, 0.6) is 5.75 Å². The zero-order chi connectivity index (χ0) is 15.7. The average molecular weight is 316 g/mol. The summed E-state index contributed by atoms with van der Waals surface area (Å²) in [5.41, 5.74) is 1.47. The van der Waals surface area contributed by atoms with E-state index in [0.29, 0.717) is 10.8 Å². The van der Waals surface area contributed by atoms with Crippen LogP contribution in [-0.4, -0.2) is 39.0 Å². The second-order valence-corrected chi connectivity index (χ2v) is 6.29. The number of hydrogen-bond acceptors (Lipinski definition) is 3. The quantitative estimate of drug-likeness (QED) is 0.672. The van der Waals surface area contributed by atoms with Gasteiger partial charge in [0.1, 0.15) is 11.4 Å². The number of phenols is 1. The lowest BCUT2D eigenvalue weighted by molar-refractivity contribution is -0.124. The summed E-state index contributed by atoms with van der Waals surface area (Å²) in [4.78, 5) is 16.4. The molecule has 0 radical (unpaired) electrons. The Morgan fingerprint density at radius 3 is 2.45 bits per heavy atom. The van der Waals surface area contributed by atoms with Gasteiger partial charge in [-0.3, -0.25) is 9.69 Å². The van der Waals surface area contributed by atoms with E-state index in [1.165, 1.54) is 6.42 Å². The van der Waals surface area contributed by atoms with Crippen molar-refractivity contribution in [3.8, 4) is 5.75 Å². The highest BCUT2D eigenvalue weighted by atomic mass is 32.1. The highest BCUT2D eigenvalue weighted by Crippen LogP contribution is 2.30. The van der Waals surface area contributed by atoms with Crippen LogP contribution in [0.1, 0.15) is 37.7 Å². The minimum absolute atomic E-state index is 0.00697. The zero-order valence-electron chi connectivity index (χ0n) is 12.7. The SMILES string of the molecule is CN1C(=S)N(C2CCCCC2)C(=O)/C1=C/c1ccc(O)cc1. The number of phenolic OH excluding ortho intramolecular Hbond substituents is 1. The molecule has 1 aliphatic heterocycles. The molecule has 22 heavy (non-hydrogen) atoms.